The number of carbonyl (C=O) groups is 1. The van der Waals surface area contributed by atoms with E-state index >= 15 is 0 Å². The summed E-state index contributed by atoms with van der Waals surface area (Å²) in [6.07, 6.45) is 4.58. The number of ether oxygens (including phenoxy) is 1. The van der Waals surface area contributed by atoms with E-state index in [0.717, 1.165) is 30.6 Å². The Hall–Kier alpha value is -2.38. The van der Waals surface area contributed by atoms with Gasteiger partial charge in [-0.2, -0.15) is 4.31 Å². The third-order valence-electron chi connectivity index (χ3n) is 6.69. The molecule has 2 aromatic rings. The zero-order valence-electron chi connectivity index (χ0n) is 17.5. The molecule has 2 aliphatic heterocycles. The number of piperidine rings is 1. The van der Waals surface area contributed by atoms with Crippen molar-refractivity contribution in [3.63, 3.8) is 0 Å². The molecule has 1 amide bonds. The normalized spacial score (nSPS) is 23.0. The van der Waals surface area contributed by atoms with E-state index in [1.165, 1.54) is 0 Å². The van der Waals surface area contributed by atoms with Crippen LogP contribution in [0, 0.1) is 0 Å². The number of rotatable bonds is 5. The van der Waals surface area contributed by atoms with Gasteiger partial charge in [0.15, 0.2) is 0 Å². The first-order chi connectivity index (χ1) is 15.0. The minimum absolute atomic E-state index is 0.0842. The number of nitrogens with one attached hydrogen (secondary N) is 1. The SMILES string of the molecule is O=C(CC1CC2(CCN(S(=O)(=O)c3ccccc3)CC2)Oc2ccccc21)NC1CC1. The number of benzene rings is 2. The minimum atomic E-state index is -3.50. The van der Waals surface area contributed by atoms with Crippen LogP contribution in [0.15, 0.2) is 59.5 Å². The van der Waals surface area contributed by atoms with Gasteiger partial charge in [-0.15, -0.1) is 0 Å². The Kier molecular flexibility index (Phi) is 5.26. The summed E-state index contributed by atoms with van der Waals surface area (Å²) in [5.41, 5.74) is 0.653. The molecule has 2 aromatic carbocycles. The van der Waals surface area contributed by atoms with Gasteiger partial charge in [-0.25, -0.2) is 8.42 Å². The molecule has 1 unspecified atom stereocenters. The minimum Gasteiger partial charge on any atom is -0.487 e. The van der Waals surface area contributed by atoms with Gasteiger partial charge in [0.25, 0.3) is 0 Å². The van der Waals surface area contributed by atoms with Crippen LogP contribution in [-0.2, 0) is 14.8 Å². The van der Waals surface area contributed by atoms with Crippen LogP contribution in [-0.4, -0.2) is 43.4 Å². The van der Waals surface area contributed by atoms with Crippen LogP contribution < -0.4 is 10.1 Å². The van der Waals surface area contributed by atoms with Crippen molar-refractivity contribution in [3.05, 3.63) is 60.2 Å². The first-order valence-corrected chi connectivity index (χ1v) is 12.5. The second-order valence-corrected chi connectivity index (χ2v) is 10.9. The second kappa shape index (κ2) is 7.95. The topological polar surface area (TPSA) is 75.7 Å². The standard InChI is InChI=1S/C24H28N2O4S/c27-23(25-19-10-11-19)16-18-17-24(30-22-9-5-4-8-21(18)22)12-14-26(15-13-24)31(28,29)20-6-2-1-3-7-20/h1-9,18-19H,10-17H2,(H,25,27). The Morgan fingerprint density at radius 2 is 1.71 bits per heavy atom. The highest BCUT2D eigenvalue weighted by atomic mass is 32.2. The highest BCUT2D eigenvalue weighted by molar-refractivity contribution is 7.89. The summed E-state index contributed by atoms with van der Waals surface area (Å²) < 4.78 is 34.1. The molecule has 164 valence electrons. The van der Waals surface area contributed by atoms with Crippen molar-refractivity contribution in [3.8, 4) is 5.75 Å². The number of sulfonamides is 1. The quantitative estimate of drug-likeness (QED) is 0.773. The van der Waals surface area contributed by atoms with Crippen molar-refractivity contribution in [2.45, 2.75) is 61.0 Å². The number of nitrogens with zero attached hydrogens (tertiary/aromatic N) is 1. The van der Waals surface area contributed by atoms with Crippen LogP contribution in [0.25, 0.3) is 0 Å². The van der Waals surface area contributed by atoms with E-state index in [2.05, 4.69) is 5.32 Å². The number of para-hydroxylation sites is 1. The third-order valence-corrected chi connectivity index (χ3v) is 8.61. The molecule has 7 heteroatoms. The van der Waals surface area contributed by atoms with E-state index in [9.17, 15) is 13.2 Å². The maximum atomic E-state index is 13.0. The molecular weight excluding hydrogens is 412 g/mol. The van der Waals surface area contributed by atoms with E-state index < -0.39 is 15.6 Å². The van der Waals surface area contributed by atoms with Crippen LogP contribution in [0.2, 0.25) is 0 Å². The number of hydrogen-bond acceptors (Lipinski definition) is 4. The molecule has 1 spiro atoms. The largest absolute Gasteiger partial charge is 0.487 e. The lowest BCUT2D eigenvalue weighted by Crippen LogP contribution is -2.52. The Labute approximate surface area is 183 Å². The van der Waals surface area contributed by atoms with E-state index in [0.29, 0.717) is 43.3 Å². The number of amides is 1. The van der Waals surface area contributed by atoms with Gasteiger partial charge in [0, 0.05) is 44.3 Å². The third kappa shape index (κ3) is 4.21. The molecule has 0 aromatic heterocycles. The van der Waals surface area contributed by atoms with Crippen molar-refractivity contribution in [1.82, 2.24) is 9.62 Å². The van der Waals surface area contributed by atoms with Crippen LogP contribution in [0.5, 0.6) is 5.75 Å². The van der Waals surface area contributed by atoms with E-state index in [1.54, 1.807) is 28.6 Å². The van der Waals surface area contributed by atoms with Gasteiger partial charge in [0.2, 0.25) is 15.9 Å². The summed E-state index contributed by atoms with van der Waals surface area (Å²) in [5.74, 6) is 1.02. The second-order valence-electron chi connectivity index (χ2n) is 8.99. The van der Waals surface area contributed by atoms with Crippen LogP contribution >= 0.6 is 0 Å². The van der Waals surface area contributed by atoms with Crippen molar-refractivity contribution in [2.75, 3.05) is 13.1 Å². The van der Waals surface area contributed by atoms with E-state index in [1.807, 2.05) is 30.3 Å². The van der Waals surface area contributed by atoms with Crippen LogP contribution in [0.4, 0.5) is 0 Å². The molecule has 5 rings (SSSR count). The fourth-order valence-corrected chi connectivity index (χ4v) is 6.31. The smallest absolute Gasteiger partial charge is 0.243 e. The maximum Gasteiger partial charge on any atom is 0.243 e. The Bertz CT molecular complexity index is 1060. The first-order valence-electron chi connectivity index (χ1n) is 11.1. The summed E-state index contributed by atoms with van der Waals surface area (Å²) in [6.45, 7) is 0.834. The van der Waals surface area contributed by atoms with Gasteiger partial charge in [-0.05, 0) is 43.0 Å². The zero-order valence-corrected chi connectivity index (χ0v) is 18.3. The number of fused-ring (bicyclic) bond motifs is 1. The predicted molar refractivity (Wildman–Crippen MR) is 117 cm³/mol. The van der Waals surface area contributed by atoms with Gasteiger partial charge < -0.3 is 10.1 Å². The molecule has 0 radical (unpaired) electrons. The summed E-state index contributed by atoms with van der Waals surface area (Å²) in [6, 6.07) is 16.9. The molecule has 1 aliphatic carbocycles. The lowest BCUT2D eigenvalue weighted by atomic mass is 9.76. The molecule has 2 heterocycles. The van der Waals surface area contributed by atoms with Crippen molar-refractivity contribution >= 4 is 15.9 Å². The Balaban J connectivity index is 1.33. The molecule has 1 saturated carbocycles. The van der Waals surface area contributed by atoms with Gasteiger partial charge in [0.05, 0.1) is 4.90 Å². The number of carbonyl (C=O) groups excluding carboxylic acids is 1. The molecule has 31 heavy (non-hydrogen) atoms. The van der Waals surface area contributed by atoms with Crippen LogP contribution in [0.3, 0.4) is 0 Å². The fourth-order valence-electron chi connectivity index (χ4n) is 4.85. The maximum absolute atomic E-state index is 13.0. The monoisotopic (exact) mass is 440 g/mol. The lowest BCUT2D eigenvalue weighted by Gasteiger charge is -2.46. The molecule has 1 atom stereocenters. The average Bonchev–Trinajstić information content (AvgIpc) is 3.58. The molecule has 2 fully saturated rings. The average molecular weight is 441 g/mol. The summed E-state index contributed by atoms with van der Waals surface area (Å²) >= 11 is 0. The first kappa shape index (κ1) is 20.5. The van der Waals surface area contributed by atoms with Crippen molar-refractivity contribution < 1.29 is 17.9 Å². The zero-order chi connectivity index (χ0) is 21.5. The molecular formula is C24H28N2O4S. The van der Waals surface area contributed by atoms with E-state index in [4.69, 9.17) is 4.74 Å². The van der Waals surface area contributed by atoms with Gasteiger partial charge in [-0.1, -0.05) is 36.4 Å². The predicted octanol–water partition coefficient (Wildman–Crippen LogP) is 3.44. The molecule has 6 nitrogen and oxygen atoms in total. The Morgan fingerprint density at radius 3 is 2.42 bits per heavy atom. The molecule has 3 aliphatic rings. The molecule has 1 N–H and O–H groups in total. The number of hydrogen-bond donors (Lipinski definition) is 1. The van der Waals surface area contributed by atoms with Gasteiger partial charge in [-0.3, -0.25) is 4.79 Å². The van der Waals surface area contributed by atoms with Crippen molar-refractivity contribution in [2.24, 2.45) is 0 Å². The summed E-state index contributed by atoms with van der Waals surface area (Å²) in [5, 5.41) is 3.10. The molecule has 1 saturated heterocycles. The van der Waals surface area contributed by atoms with E-state index in [-0.39, 0.29) is 11.8 Å². The fraction of sp³-hybridized carbons (Fsp3) is 0.458. The summed E-state index contributed by atoms with van der Waals surface area (Å²) in [4.78, 5) is 12.9. The Morgan fingerprint density at radius 1 is 1.03 bits per heavy atom. The van der Waals surface area contributed by atoms with Gasteiger partial charge >= 0.3 is 0 Å². The summed E-state index contributed by atoms with van der Waals surface area (Å²) in [7, 11) is -3.50. The molecule has 0 bridgehead atoms. The van der Waals surface area contributed by atoms with Gasteiger partial charge in [0.1, 0.15) is 11.4 Å². The van der Waals surface area contributed by atoms with Crippen LogP contribution in [0.1, 0.15) is 50.0 Å². The lowest BCUT2D eigenvalue weighted by molar-refractivity contribution is -0.122. The highest BCUT2D eigenvalue weighted by Crippen LogP contribution is 2.47. The highest BCUT2D eigenvalue weighted by Gasteiger charge is 2.45. The van der Waals surface area contributed by atoms with Crippen molar-refractivity contribution in [1.29, 1.82) is 0 Å².